The second kappa shape index (κ2) is 4.52. The van der Waals surface area contributed by atoms with Crippen molar-refractivity contribution in [2.24, 2.45) is 5.73 Å². The van der Waals surface area contributed by atoms with Crippen LogP contribution >= 0.6 is 12.2 Å². The van der Waals surface area contributed by atoms with E-state index in [0.29, 0.717) is 5.56 Å². The molecule has 0 spiro atoms. The Bertz CT molecular complexity index is 366. The van der Waals surface area contributed by atoms with E-state index in [4.69, 9.17) is 5.73 Å². The third-order valence-corrected chi connectivity index (χ3v) is 1.56. The molecule has 0 saturated heterocycles. The van der Waals surface area contributed by atoms with Crippen molar-refractivity contribution < 1.29 is 4.79 Å². The lowest BCUT2D eigenvalue weighted by atomic mass is 10.2. The van der Waals surface area contributed by atoms with E-state index >= 15 is 0 Å². The Morgan fingerprint density at radius 2 is 2.29 bits per heavy atom. The molecular formula is C8H10N4OS. The normalized spacial score (nSPS) is 9.21. The Balaban J connectivity index is 2.65. The molecule has 0 aliphatic rings. The fourth-order valence-corrected chi connectivity index (χ4v) is 0.928. The molecule has 0 aromatic carbocycles. The predicted octanol–water partition coefficient (Wildman–Crippen LogP) is -0.132. The Hall–Kier alpha value is -1.69. The van der Waals surface area contributed by atoms with Gasteiger partial charge >= 0.3 is 0 Å². The topological polar surface area (TPSA) is 80.0 Å². The first-order valence-corrected chi connectivity index (χ1v) is 4.29. The molecule has 0 saturated carbocycles. The summed E-state index contributed by atoms with van der Waals surface area (Å²) in [5, 5.41) is 0.0177. The summed E-state index contributed by atoms with van der Waals surface area (Å²) in [7, 11) is 0. The number of pyridine rings is 1. The van der Waals surface area contributed by atoms with Gasteiger partial charge in [-0.2, -0.15) is 0 Å². The number of carbonyl (C=O) groups excluding carboxylic acids is 1. The fraction of sp³-hybridized carbons (Fsp3) is 0.125. The molecule has 4 N–H and O–H groups in total. The molecule has 74 valence electrons. The molecule has 14 heavy (non-hydrogen) atoms. The number of nitrogens with two attached hydrogens (primary N) is 1. The maximum absolute atomic E-state index is 11.4. The minimum atomic E-state index is -0.302. The Morgan fingerprint density at radius 3 is 2.86 bits per heavy atom. The highest BCUT2D eigenvalue weighted by molar-refractivity contribution is 7.80. The molecule has 6 heteroatoms. The molecule has 0 aliphatic carbocycles. The Morgan fingerprint density at radius 1 is 1.57 bits per heavy atom. The van der Waals surface area contributed by atoms with Crippen LogP contribution in [0.4, 0.5) is 0 Å². The van der Waals surface area contributed by atoms with Gasteiger partial charge in [0.2, 0.25) is 0 Å². The van der Waals surface area contributed by atoms with E-state index in [1.54, 1.807) is 25.3 Å². The number of hydrogen-bond acceptors (Lipinski definition) is 3. The van der Waals surface area contributed by atoms with Gasteiger partial charge in [-0.15, -0.1) is 0 Å². The molecule has 0 unspecified atom stereocenters. The van der Waals surface area contributed by atoms with E-state index in [1.807, 2.05) is 0 Å². The lowest BCUT2D eigenvalue weighted by molar-refractivity contribution is 0.0944. The average molecular weight is 210 g/mol. The van der Waals surface area contributed by atoms with Gasteiger partial charge in [-0.3, -0.25) is 20.6 Å². The molecule has 1 rings (SSSR count). The number of carbonyl (C=O) groups is 1. The van der Waals surface area contributed by atoms with Crippen molar-refractivity contribution in [2.45, 2.75) is 6.92 Å². The standard InChI is InChI=1S/C8H10N4OS/c1-5-4-6(2-3-10-5)7(13)11-12-8(9)14/h2-4H,1H3,(H,11,13)(H3,9,12,14). The van der Waals surface area contributed by atoms with Crippen LogP contribution in [0.15, 0.2) is 18.3 Å². The zero-order valence-electron chi connectivity index (χ0n) is 7.57. The van der Waals surface area contributed by atoms with Gasteiger partial charge < -0.3 is 5.73 Å². The van der Waals surface area contributed by atoms with Crippen LogP contribution in [-0.4, -0.2) is 16.0 Å². The molecule has 0 aliphatic heterocycles. The molecule has 1 aromatic rings. The zero-order chi connectivity index (χ0) is 10.6. The smallest absolute Gasteiger partial charge is 0.269 e. The van der Waals surface area contributed by atoms with Gasteiger partial charge in [-0.1, -0.05) is 0 Å². The van der Waals surface area contributed by atoms with Crippen molar-refractivity contribution in [3.05, 3.63) is 29.6 Å². The number of hydrogen-bond donors (Lipinski definition) is 3. The number of aryl methyl sites for hydroxylation is 1. The number of amides is 1. The van der Waals surface area contributed by atoms with Crippen molar-refractivity contribution in [1.82, 2.24) is 15.8 Å². The van der Waals surface area contributed by atoms with Crippen molar-refractivity contribution in [3.63, 3.8) is 0 Å². The first kappa shape index (κ1) is 10.4. The van der Waals surface area contributed by atoms with Gasteiger partial charge in [0.1, 0.15) is 0 Å². The maximum atomic E-state index is 11.4. The second-order valence-corrected chi connectivity index (χ2v) is 3.07. The van der Waals surface area contributed by atoms with E-state index in [1.165, 1.54) is 0 Å². The lowest BCUT2D eigenvalue weighted by Crippen LogP contribution is -2.44. The zero-order valence-corrected chi connectivity index (χ0v) is 8.39. The minimum Gasteiger partial charge on any atom is -0.375 e. The highest BCUT2D eigenvalue weighted by atomic mass is 32.1. The number of nitrogens with zero attached hydrogens (tertiary/aromatic N) is 1. The van der Waals surface area contributed by atoms with Crippen LogP contribution in [0.5, 0.6) is 0 Å². The van der Waals surface area contributed by atoms with Gasteiger partial charge in [-0.25, -0.2) is 0 Å². The highest BCUT2D eigenvalue weighted by Crippen LogP contribution is 1.99. The van der Waals surface area contributed by atoms with Gasteiger partial charge in [-0.05, 0) is 31.3 Å². The van der Waals surface area contributed by atoms with Gasteiger partial charge in [0.15, 0.2) is 5.11 Å². The van der Waals surface area contributed by atoms with Gasteiger partial charge in [0, 0.05) is 17.5 Å². The number of aromatic nitrogens is 1. The first-order valence-electron chi connectivity index (χ1n) is 3.88. The molecule has 1 amide bonds. The van der Waals surface area contributed by atoms with E-state index < -0.39 is 0 Å². The second-order valence-electron chi connectivity index (χ2n) is 2.63. The molecule has 1 aromatic heterocycles. The summed E-state index contributed by atoms with van der Waals surface area (Å²) >= 11 is 4.53. The van der Waals surface area contributed by atoms with Gasteiger partial charge in [0.05, 0.1) is 0 Å². The van der Waals surface area contributed by atoms with Crippen molar-refractivity contribution in [2.75, 3.05) is 0 Å². The third kappa shape index (κ3) is 2.98. The summed E-state index contributed by atoms with van der Waals surface area (Å²) in [6.07, 6.45) is 1.56. The van der Waals surface area contributed by atoms with E-state index in [-0.39, 0.29) is 11.0 Å². The summed E-state index contributed by atoms with van der Waals surface area (Å²) in [5.41, 5.74) is 11.1. The summed E-state index contributed by atoms with van der Waals surface area (Å²) in [6.45, 7) is 1.80. The van der Waals surface area contributed by atoms with Crippen LogP contribution in [0.3, 0.4) is 0 Å². The summed E-state index contributed by atoms with van der Waals surface area (Å²) < 4.78 is 0. The molecule has 1 heterocycles. The molecule has 0 radical (unpaired) electrons. The van der Waals surface area contributed by atoms with Crippen LogP contribution in [0.1, 0.15) is 16.1 Å². The molecular weight excluding hydrogens is 200 g/mol. The van der Waals surface area contributed by atoms with Crippen LogP contribution in [-0.2, 0) is 0 Å². The number of hydrazine groups is 1. The molecule has 5 nitrogen and oxygen atoms in total. The van der Waals surface area contributed by atoms with Crippen molar-refractivity contribution in [3.8, 4) is 0 Å². The summed E-state index contributed by atoms with van der Waals surface area (Å²) in [4.78, 5) is 15.4. The fourth-order valence-electron chi connectivity index (χ4n) is 0.877. The first-order chi connectivity index (χ1) is 6.59. The molecule has 0 fully saturated rings. The monoisotopic (exact) mass is 210 g/mol. The van der Waals surface area contributed by atoms with Crippen LogP contribution in [0.25, 0.3) is 0 Å². The molecule has 0 bridgehead atoms. The van der Waals surface area contributed by atoms with Crippen LogP contribution in [0.2, 0.25) is 0 Å². The van der Waals surface area contributed by atoms with E-state index in [2.05, 4.69) is 28.1 Å². The summed E-state index contributed by atoms with van der Waals surface area (Å²) in [6, 6.07) is 3.26. The number of thiocarbonyl (C=S) groups is 1. The largest absolute Gasteiger partial charge is 0.375 e. The van der Waals surface area contributed by atoms with Gasteiger partial charge in [0.25, 0.3) is 5.91 Å². The van der Waals surface area contributed by atoms with E-state index in [0.717, 1.165) is 5.69 Å². The highest BCUT2D eigenvalue weighted by Gasteiger charge is 2.04. The average Bonchev–Trinajstić information content (AvgIpc) is 2.14. The molecule has 0 atom stereocenters. The number of rotatable bonds is 1. The minimum absolute atomic E-state index is 0.0177. The predicted molar refractivity (Wildman–Crippen MR) is 56.4 cm³/mol. The number of nitrogens with one attached hydrogen (secondary N) is 2. The Labute approximate surface area is 86.7 Å². The summed E-state index contributed by atoms with van der Waals surface area (Å²) in [5.74, 6) is -0.302. The van der Waals surface area contributed by atoms with Crippen molar-refractivity contribution >= 4 is 23.2 Å². The SMILES string of the molecule is Cc1cc(C(=O)NNC(N)=S)ccn1. The Kier molecular flexibility index (Phi) is 3.35. The maximum Gasteiger partial charge on any atom is 0.269 e. The lowest BCUT2D eigenvalue weighted by Gasteiger charge is -2.05. The van der Waals surface area contributed by atoms with E-state index in [9.17, 15) is 4.79 Å². The quantitative estimate of drug-likeness (QED) is 0.444. The van der Waals surface area contributed by atoms with Crippen LogP contribution in [0, 0.1) is 6.92 Å². The third-order valence-electron chi connectivity index (χ3n) is 1.46. The van der Waals surface area contributed by atoms with Crippen molar-refractivity contribution in [1.29, 1.82) is 0 Å². The van der Waals surface area contributed by atoms with Crippen LogP contribution < -0.4 is 16.6 Å².